The molecular weight excluding hydrogens is 222 g/mol. The van der Waals surface area contributed by atoms with E-state index < -0.39 is 0 Å². The van der Waals surface area contributed by atoms with Gasteiger partial charge in [0.15, 0.2) is 0 Å². The number of hydrogen-bond acceptors (Lipinski definition) is 2. The van der Waals surface area contributed by atoms with Gasteiger partial charge in [0.05, 0.1) is 12.7 Å². The maximum absolute atomic E-state index is 6.02. The quantitative estimate of drug-likeness (QED) is 0.777. The van der Waals surface area contributed by atoms with Crippen molar-refractivity contribution in [3.8, 4) is 0 Å². The Balaban J connectivity index is 2.17. The Morgan fingerprint density at radius 2 is 2.33 bits per heavy atom. The summed E-state index contributed by atoms with van der Waals surface area (Å²) in [6, 6.07) is 9.04. The minimum Gasteiger partial charge on any atom is -0.372 e. The highest BCUT2D eigenvalue weighted by Gasteiger charge is 2.27. The molecule has 18 heavy (non-hydrogen) atoms. The summed E-state index contributed by atoms with van der Waals surface area (Å²) in [4.78, 5) is 0. The van der Waals surface area contributed by atoms with Crippen LogP contribution >= 0.6 is 0 Å². The van der Waals surface area contributed by atoms with Crippen LogP contribution in [0.25, 0.3) is 0 Å². The van der Waals surface area contributed by atoms with Crippen LogP contribution in [-0.4, -0.2) is 19.2 Å². The zero-order chi connectivity index (χ0) is 12.8. The van der Waals surface area contributed by atoms with Crippen molar-refractivity contribution in [2.24, 2.45) is 0 Å². The lowest BCUT2D eigenvalue weighted by atomic mass is 9.91. The molecule has 1 heterocycles. The fraction of sp³-hybridized carbons (Fsp3) is 0.500. The van der Waals surface area contributed by atoms with Crippen LogP contribution in [0.15, 0.2) is 36.9 Å². The topological polar surface area (TPSA) is 21.3 Å². The Morgan fingerprint density at radius 3 is 3.11 bits per heavy atom. The van der Waals surface area contributed by atoms with E-state index in [0.29, 0.717) is 6.04 Å². The molecule has 1 N–H and O–H groups in total. The SMILES string of the molecule is C=CCCC(NCC)C1OCCc2ccccc21. The molecule has 2 nitrogen and oxygen atoms in total. The minimum atomic E-state index is 0.190. The van der Waals surface area contributed by atoms with Gasteiger partial charge < -0.3 is 10.1 Å². The molecular formula is C16H23NO. The molecule has 2 rings (SSSR count). The molecule has 2 atom stereocenters. The summed E-state index contributed by atoms with van der Waals surface area (Å²) in [5, 5.41) is 3.56. The van der Waals surface area contributed by atoms with Crippen LogP contribution in [0.3, 0.4) is 0 Å². The fourth-order valence-corrected chi connectivity index (χ4v) is 2.68. The first kappa shape index (κ1) is 13.3. The molecule has 0 radical (unpaired) electrons. The summed E-state index contributed by atoms with van der Waals surface area (Å²) >= 11 is 0. The lowest BCUT2D eigenvalue weighted by Crippen LogP contribution is -2.38. The van der Waals surface area contributed by atoms with Crippen molar-refractivity contribution in [1.29, 1.82) is 0 Å². The highest BCUT2D eigenvalue weighted by molar-refractivity contribution is 5.32. The first-order valence-electron chi connectivity index (χ1n) is 6.90. The standard InChI is InChI=1S/C16H23NO/c1-3-5-10-15(17-4-2)16-14-9-7-6-8-13(14)11-12-18-16/h3,6-9,15-17H,1,4-5,10-12H2,2H3. The summed E-state index contributed by atoms with van der Waals surface area (Å²) in [6.07, 6.45) is 5.32. The molecule has 98 valence electrons. The van der Waals surface area contributed by atoms with Gasteiger partial charge in [0.2, 0.25) is 0 Å². The third-order valence-electron chi connectivity index (χ3n) is 3.54. The Bertz CT molecular complexity index is 388. The van der Waals surface area contributed by atoms with Crippen molar-refractivity contribution in [2.45, 2.75) is 38.3 Å². The van der Waals surface area contributed by atoms with Crippen molar-refractivity contribution >= 4 is 0 Å². The highest BCUT2D eigenvalue weighted by Crippen LogP contribution is 2.31. The average Bonchev–Trinajstić information content (AvgIpc) is 2.43. The van der Waals surface area contributed by atoms with Gasteiger partial charge in [0, 0.05) is 6.04 Å². The number of rotatable bonds is 6. The van der Waals surface area contributed by atoms with Gasteiger partial charge in [-0.2, -0.15) is 0 Å². The first-order chi connectivity index (χ1) is 8.86. The molecule has 0 aliphatic carbocycles. The summed E-state index contributed by atoms with van der Waals surface area (Å²) in [5.74, 6) is 0. The van der Waals surface area contributed by atoms with Gasteiger partial charge in [-0.25, -0.2) is 0 Å². The van der Waals surface area contributed by atoms with Crippen LogP contribution in [0.2, 0.25) is 0 Å². The van der Waals surface area contributed by atoms with E-state index in [1.165, 1.54) is 11.1 Å². The van der Waals surface area contributed by atoms with Gasteiger partial charge >= 0.3 is 0 Å². The predicted octanol–water partition coefficient (Wildman–Crippen LogP) is 3.24. The van der Waals surface area contributed by atoms with Gasteiger partial charge in [-0.1, -0.05) is 37.3 Å². The summed E-state index contributed by atoms with van der Waals surface area (Å²) in [7, 11) is 0. The summed E-state index contributed by atoms with van der Waals surface area (Å²) < 4.78 is 6.02. The summed E-state index contributed by atoms with van der Waals surface area (Å²) in [5.41, 5.74) is 2.80. The van der Waals surface area contributed by atoms with Crippen molar-refractivity contribution in [2.75, 3.05) is 13.2 Å². The van der Waals surface area contributed by atoms with Crippen LogP contribution in [0.4, 0.5) is 0 Å². The van der Waals surface area contributed by atoms with Crippen molar-refractivity contribution < 1.29 is 4.74 Å². The molecule has 1 aromatic rings. The van der Waals surface area contributed by atoms with E-state index in [1.54, 1.807) is 0 Å². The number of allylic oxidation sites excluding steroid dienone is 1. The first-order valence-corrected chi connectivity index (χ1v) is 6.90. The smallest absolute Gasteiger partial charge is 0.0980 e. The molecule has 1 aliphatic rings. The molecule has 0 bridgehead atoms. The molecule has 2 unspecified atom stereocenters. The number of fused-ring (bicyclic) bond motifs is 1. The fourth-order valence-electron chi connectivity index (χ4n) is 2.68. The molecule has 0 amide bonds. The molecule has 1 aromatic carbocycles. The van der Waals surface area contributed by atoms with E-state index in [9.17, 15) is 0 Å². The van der Waals surface area contributed by atoms with Crippen LogP contribution in [0, 0.1) is 0 Å². The van der Waals surface area contributed by atoms with Gasteiger partial charge in [-0.15, -0.1) is 6.58 Å². The number of hydrogen-bond donors (Lipinski definition) is 1. The van der Waals surface area contributed by atoms with Crippen molar-refractivity contribution in [1.82, 2.24) is 5.32 Å². The van der Waals surface area contributed by atoms with Crippen LogP contribution < -0.4 is 5.32 Å². The van der Waals surface area contributed by atoms with Gasteiger partial charge in [0.1, 0.15) is 0 Å². The van der Waals surface area contributed by atoms with E-state index in [0.717, 1.165) is 32.4 Å². The Kier molecular flexibility index (Phi) is 4.97. The second-order valence-electron chi connectivity index (χ2n) is 4.77. The van der Waals surface area contributed by atoms with Crippen molar-refractivity contribution in [3.63, 3.8) is 0 Å². The lowest BCUT2D eigenvalue weighted by molar-refractivity contribution is 0.0139. The number of benzene rings is 1. The monoisotopic (exact) mass is 245 g/mol. The van der Waals surface area contributed by atoms with E-state index >= 15 is 0 Å². The Hall–Kier alpha value is -1.12. The van der Waals surface area contributed by atoms with E-state index in [1.807, 2.05) is 6.08 Å². The largest absolute Gasteiger partial charge is 0.372 e. The third-order valence-corrected chi connectivity index (χ3v) is 3.54. The minimum absolute atomic E-state index is 0.190. The Labute approximate surface area is 110 Å². The van der Waals surface area contributed by atoms with Crippen molar-refractivity contribution in [3.05, 3.63) is 48.0 Å². The molecule has 0 fully saturated rings. The highest BCUT2D eigenvalue weighted by atomic mass is 16.5. The third kappa shape index (κ3) is 3.01. The molecule has 0 aromatic heterocycles. The number of ether oxygens (including phenoxy) is 1. The summed E-state index contributed by atoms with van der Waals surface area (Å²) in [6.45, 7) is 7.77. The zero-order valence-corrected chi connectivity index (χ0v) is 11.2. The van der Waals surface area contributed by atoms with E-state index in [2.05, 4.69) is 43.1 Å². The maximum Gasteiger partial charge on any atom is 0.0980 e. The molecule has 0 saturated heterocycles. The average molecular weight is 245 g/mol. The van der Waals surface area contributed by atoms with Crippen LogP contribution in [-0.2, 0) is 11.2 Å². The van der Waals surface area contributed by atoms with Gasteiger partial charge in [0.25, 0.3) is 0 Å². The predicted molar refractivity (Wildman–Crippen MR) is 75.7 cm³/mol. The van der Waals surface area contributed by atoms with Crippen LogP contribution in [0.1, 0.15) is 37.0 Å². The lowest BCUT2D eigenvalue weighted by Gasteiger charge is -2.33. The molecule has 0 saturated carbocycles. The second kappa shape index (κ2) is 6.72. The van der Waals surface area contributed by atoms with E-state index in [4.69, 9.17) is 4.74 Å². The Morgan fingerprint density at radius 1 is 1.50 bits per heavy atom. The zero-order valence-electron chi connectivity index (χ0n) is 11.2. The van der Waals surface area contributed by atoms with E-state index in [-0.39, 0.29) is 6.10 Å². The van der Waals surface area contributed by atoms with Gasteiger partial charge in [-0.3, -0.25) is 0 Å². The maximum atomic E-state index is 6.02. The normalized spacial score (nSPS) is 20.2. The molecule has 1 aliphatic heterocycles. The molecule has 0 spiro atoms. The number of likely N-dealkylation sites (N-methyl/N-ethyl adjacent to an activating group) is 1. The number of nitrogens with one attached hydrogen (secondary N) is 1. The molecule has 2 heteroatoms. The van der Waals surface area contributed by atoms with Crippen LogP contribution in [0.5, 0.6) is 0 Å². The second-order valence-corrected chi connectivity index (χ2v) is 4.77. The van der Waals surface area contributed by atoms with Gasteiger partial charge in [-0.05, 0) is 36.9 Å².